The highest BCUT2D eigenvalue weighted by Crippen LogP contribution is 2.21. The molecule has 2 rings (SSSR count). The fraction of sp³-hybridized carbons (Fsp3) is 0.100. The first-order valence-corrected chi connectivity index (χ1v) is 5.45. The summed E-state index contributed by atoms with van der Waals surface area (Å²) in [6.07, 6.45) is 4.82. The highest BCUT2D eigenvalue weighted by molar-refractivity contribution is 9.10. The zero-order chi connectivity index (χ0) is 11.4. The van der Waals surface area contributed by atoms with E-state index in [4.69, 9.17) is 5.73 Å². The van der Waals surface area contributed by atoms with E-state index in [1.165, 1.54) is 6.33 Å². The van der Waals surface area contributed by atoms with Crippen molar-refractivity contribution in [3.63, 3.8) is 0 Å². The van der Waals surface area contributed by atoms with Gasteiger partial charge in [-0.25, -0.2) is 15.0 Å². The second-order valence-corrected chi connectivity index (χ2v) is 4.01. The smallest absolute Gasteiger partial charge is 0.140 e. The van der Waals surface area contributed by atoms with Gasteiger partial charge in [-0.2, -0.15) is 0 Å². The van der Waals surface area contributed by atoms with Crippen LogP contribution in [0.5, 0.6) is 0 Å². The molecule has 6 heteroatoms. The summed E-state index contributed by atoms with van der Waals surface area (Å²) in [7, 11) is 0. The van der Waals surface area contributed by atoms with Gasteiger partial charge in [0.1, 0.15) is 12.1 Å². The molecule has 3 N–H and O–H groups in total. The van der Waals surface area contributed by atoms with Gasteiger partial charge in [0.05, 0.1) is 28.6 Å². The molecule has 82 valence electrons. The van der Waals surface area contributed by atoms with Crippen molar-refractivity contribution in [2.75, 3.05) is 11.1 Å². The molecule has 0 unspecified atom stereocenters. The molecule has 0 saturated carbocycles. The summed E-state index contributed by atoms with van der Waals surface area (Å²) in [6, 6.07) is 3.65. The van der Waals surface area contributed by atoms with Crippen molar-refractivity contribution in [3.8, 4) is 0 Å². The molecule has 5 nitrogen and oxygen atoms in total. The molecule has 0 fully saturated rings. The Kier molecular flexibility index (Phi) is 3.31. The lowest BCUT2D eigenvalue weighted by atomic mass is 10.4. The van der Waals surface area contributed by atoms with E-state index in [0.29, 0.717) is 12.2 Å². The molecule has 0 aromatic carbocycles. The summed E-state index contributed by atoms with van der Waals surface area (Å²) in [4.78, 5) is 12.1. The Labute approximate surface area is 101 Å². The number of nitrogens with two attached hydrogens (primary N) is 1. The minimum absolute atomic E-state index is 0.595. The van der Waals surface area contributed by atoms with Crippen molar-refractivity contribution >= 4 is 27.4 Å². The van der Waals surface area contributed by atoms with Gasteiger partial charge in [-0.15, -0.1) is 0 Å². The minimum atomic E-state index is 0.595. The van der Waals surface area contributed by atoms with Crippen LogP contribution in [0.4, 0.5) is 11.5 Å². The molecule has 0 saturated heterocycles. The van der Waals surface area contributed by atoms with Crippen LogP contribution >= 0.6 is 15.9 Å². The number of rotatable bonds is 3. The van der Waals surface area contributed by atoms with Crippen LogP contribution in [0.25, 0.3) is 0 Å². The third-order valence-corrected chi connectivity index (χ3v) is 2.55. The number of aromatic nitrogens is 3. The number of hydrogen-bond acceptors (Lipinski definition) is 5. The number of hydrogen-bond donors (Lipinski definition) is 2. The van der Waals surface area contributed by atoms with Gasteiger partial charge in [0.25, 0.3) is 0 Å². The third kappa shape index (κ3) is 2.66. The fourth-order valence-corrected chi connectivity index (χ4v) is 1.69. The molecular weight excluding hydrogens is 270 g/mol. The van der Waals surface area contributed by atoms with Crippen molar-refractivity contribution in [1.82, 2.24) is 15.0 Å². The summed E-state index contributed by atoms with van der Waals surface area (Å²) >= 11 is 3.38. The summed E-state index contributed by atoms with van der Waals surface area (Å²) in [5, 5.41) is 3.15. The van der Waals surface area contributed by atoms with E-state index in [1.54, 1.807) is 18.5 Å². The Bertz CT molecular complexity index is 474. The summed E-state index contributed by atoms with van der Waals surface area (Å²) in [5.41, 5.74) is 7.12. The van der Waals surface area contributed by atoms with Crippen LogP contribution in [0.2, 0.25) is 0 Å². The van der Waals surface area contributed by atoms with Crippen molar-refractivity contribution in [2.24, 2.45) is 0 Å². The lowest BCUT2D eigenvalue weighted by Crippen LogP contribution is -2.04. The van der Waals surface area contributed by atoms with Crippen molar-refractivity contribution in [2.45, 2.75) is 6.54 Å². The van der Waals surface area contributed by atoms with E-state index < -0.39 is 0 Å². The maximum atomic E-state index is 5.59. The van der Waals surface area contributed by atoms with Crippen LogP contribution in [0.1, 0.15) is 5.69 Å². The van der Waals surface area contributed by atoms with Crippen molar-refractivity contribution in [3.05, 3.63) is 41.0 Å². The molecule has 0 atom stereocenters. The number of anilines is 2. The summed E-state index contributed by atoms with van der Waals surface area (Å²) in [6.45, 7) is 0.595. The molecule has 2 heterocycles. The number of halogens is 1. The SMILES string of the molecule is Nc1cnc(NCc2ccncn2)c(Br)c1. The van der Waals surface area contributed by atoms with E-state index >= 15 is 0 Å². The molecule has 2 aromatic heterocycles. The maximum Gasteiger partial charge on any atom is 0.140 e. The zero-order valence-corrected chi connectivity index (χ0v) is 9.98. The normalized spacial score (nSPS) is 10.1. The van der Waals surface area contributed by atoms with Gasteiger partial charge in [0.2, 0.25) is 0 Å². The van der Waals surface area contributed by atoms with Crippen LogP contribution in [-0.4, -0.2) is 15.0 Å². The molecule has 0 aliphatic heterocycles. The Hall–Kier alpha value is -1.69. The highest BCUT2D eigenvalue weighted by atomic mass is 79.9. The molecule has 0 bridgehead atoms. The summed E-state index contributed by atoms with van der Waals surface area (Å²) < 4.78 is 0.835. The molecule has 16 heavy (non-hydrogen) atoms. The Morgan fingerprint density at radius 2 is 2.25 bits per heavy atom. The molecule has 0 spiro atoms. The first-order valence-electron chi connectivity index (χ1n) is 4.65. The average molecular weight is 280 g/mol. The lowest BCUT2D eigenvalue weighted by Gasteiger charge is -2.07. The second-order valence-electron chi connectivity index (χ2n) is 3.15. The van der Waals surface area contributed by atoms with Gasteiger partial charge < -0.3 is 11.1 Å². The van der Waals surface area contributed by atoms with Gasteiger partial charge in [-0.1, -0.05) is 0 Å². The van der Waals surface area contributed by atoms with Crippen molar-refractivity contribution in [1.29, 1.82) is 0 Å². The number of nitrogens with zero attached hydrogens (tertiary/aromatic N) is 3. The topological polar surface area (TPSA) is 76.7 Å². The molecule has 0 aliphatic carbocycles. The quantitative estimate of drug-likeness (QED) is 0.897. The van der Waals surface area contributed by atoms with E-state index in [-0.39, 0.29) is 0 Å². The second kappa shape index (κ2) is 4.89. The molecule has 0 radical (unpaired) electrons. The zero-order valence-electron chi connectivity index (χ0n) is 8.39. The first kappa shape index (κ1) is 10.8. The van der Waals surface area contributed by atoms with Crippen LogP contribution in [0.15, 0.2) is 35.3 Å². The number of nitrogen functional groups attached to an aromatic ring is 1. The first-order chi connectivity index (χ1) is 7.75. The Morgan fingerprint density at radius 1 is 1.38 bits per heavy atom. The van der Waals surface area contributed by atoms with E-state index in [9.17, 15) is 0 Å². The predicted molar refractivity (Wildman–Crippen MR) is 65.7 cm³/mol. The Balaban J connectivity index is 2.05. The van der Waals surface area contributed by atoms with Crippen LogP contribution in [0.3, 0.4) is 0 Å². The lowest BCUT2D eigenvalue weighted by molar-refractivity contribution is 0.995. The highest BCUT2D eigenvalue weighted by Gasteiger charge is 2.01. The molecular formula is C10H10BrN5. The van der Waals surface area contributed by atoms with E-state index in [0.717, 1.165) is 16.0 Å². The molecule has 0 amide bonds. The van der Waals surface area contributed by atoms with Gasteiger partial charge in [-0.05, 0) is 28.1 Å². The maximum absolute atomic E-state index is 5.59. The minimum Gasteiger partial charge on any atom is -0.397 e. The van der Waals surface area contributed by atoms with Crippen LogP contribution < -0.4 is 11.1 Å². The molecule has 0 aliphatic rings. The van der Waals surface area contributed by atoms with Gasteiger partial charge in [-0.3, -0.25) is 0 Å². The molecule has 2 aromatic rings. The van der Waals surface area contributed by atoms with Crippen LogP contribution in [-0.2, 0) is 6.54 Å². The van der Waals surface area contributed by atoms with Crippen molar-refractivity contribution < 1.29 is 0 Å². The summed E-state index contributed by atoms with van der Waals surface area (Å²) in [5.74, 6) is 0.743. The standard InChI is InChI=1S/C10H10BrN5/c11-9-3-7(12)4-14-10(9)15-5-8-1-2-13-6-16-8/h1-4,6H,5,12H2,(H,14,15). The van der Waals surface area contributed by atoms with E-state index in [2.05, 4.69) is 36.2 Å². The van der Waals surface area contributed by atoms with Gasteiger partial charge in [0, 0.05) is 6.20 Å². The van der Waals surface area contributed by atoms with Crippen LogP contribution in [0, 0.1) is 0 Å². The monoisotopic (exact) mass is 279 g/mol. The number of nitrogens with one attached hydrogen (secondary N) is 1. The third-order valence-electron chi connectivity index (χ3n) is 1.94. The predicted octanol–water partition coefficient (Wildman–Crippen LogP) is 1.83. The van der Waals surface area contributed by atoms with E-state index in [1.807, 2.05) is 6.07 Å². The van der Waals surface area contributed by atoms with Gasteiger partial charge in [0.15, 0.2) is 0 Å². The average Bonchev–Trinajstić information content (AvgIpc) is 2.29. The number of pyridine rings is 1. The largest absolute Gasteiger partial charge is 0.397 e. The Morgan fingerprint density at radius 3 is 2.94 bits per heavy atom. The van der Waals surface area contributed by atoms with Gasteiger partial charge >= 0.3 is 0 Å². The fourth-order valence-electron chi connectivity index (χ4n) is 1.18.